The van der Waals surface area contributed by atoms with Gasteiger partial charge in [0.05, 0.1) is 28.6 Å². The number of aromatic nitrogens is 3. The Bertz CT molecular complexity index is 1720. The van der Waals surface area contributed by atoms with E-state index in [1.54, 1.807) is 18.4 Å². The molecule has 2 aliphatic rings. The Balaban J connectivity index is 1.56. The maximum Gasteiger partial charge on any atom is 0.317 e. The minimum atomic E-state index is -1.19. The Hall–Kier alpha value is -3.98. The van der Waals surface area contributed by atoms with Crippen LogP contribution in [0.4, 0.5) is 0 Å². The number of carbonyl (C=O) groups is 1. The van der Waals surface area contributed by atoms with Crippen LogP contribution in [0, 0.1) is 19.8 Å². The van der Waals surface area contributed by atoms with E-state index in [0.29, 0.717) is 15.1 Å². The zero-order valence-corrected chi connectivity index (χ0v) is 21.8. The summed E-state index contributed by atoms with van der Waals surface area (Å²) in [5.41, 5.74) is 2.96. The van der Waals surface area contributed by atoms with Crippen LogP contribution in [0.2, 0.25) is 0 Å². The minimum Gasteiger partial charge on any atom is -0.466 e. The van der Waals surface area contributed by atoms with Crippen molar-refractivity contribution in [2.24, 2.45) is 10.9 Å². The molecule has 0 spiro atoms. The molecule has 0 amide bonds. The molecule has 0 fully saturated rings. The maximum atomic E-state index is 13.9. The molecule has 0 saturated heterocycles. The van der Waals surface area contributed by atoms with E-state index in [9.17, 15) is 9.59 Å². The van der Waals surface area contributed by atoms with E-state index in [0.717, 1.165) is 28.2 Å². The molecular formula is C28H26N4O4S. The van der Waals surface area contributed by atoms with Crippen LogP contribution in [-0.4, -0.2) is 32.6 Å². The first-order valence-corrected chi connectivity index (χ1v) is 13.0. The maximum absolute atomic E-state index is 13.9. The second kappa shape index (κ2) is 8.55. The van der Waals surface area contributed by atoms with E-state index >= 15 is 0 Å². The number of hydrogen-bond acceptors (Lipinski definition) is 7. The van der Waals surface area contributed by atoms with Crippen LogP contribution in [0.15, 0.2) is 64.4 Å². The third-order valence-electron chi connectivity index (χ3n) is 7.04. The summed E-state index contributed by atoms with van der Waals surface area (Å²) >= 11 is 1.30. The number of fused-ring (bicyclic) bond motifs is 6. The SMILES string of the molecule is CCOC(=O)C1C2c3ccccc3OC1(C)N=c1sc(=Cc3c(C)nn(-c4ccccc4)c3C)c(=O)n12. The fourth-order valence-corrected chi connectivity index (χ4v) is 6.43. The summed E-state index contributed by atoms with van der Waals surface area (Å²) in [5, 5.41) is 4.71. The number of ether oxygens (including phenoxy) is 2. The largest absolute Gasteiger partial charge is 0.466 e. The Labute approximate surface area is 217 Å². The van der Waals surface area contributed by atoms with E-state index in [2.05, 4.69) is 0 Å². The Morgan fingerprint density at radius 1 is 1.16 bits per heavy atom. The van der Waals surface area contributed by atoms with Crippen LogP contribution >= 0.6 is 11.3 Å². The molecule has 4 aromatic rings. The molecule has 2 aliphatic heterocycles. The smallest absolute Gasteiger partial charge is 0.317 e. The number of thiazole rings is 1. The van der Waals surface area contributed by atoms with E-state index in [-0.39, 0.29) is 12.2 Å². The molecule has 3 unspecified atom stereocenters. The van der Waals surface area contributed by atoms with Gasteiger partial charge in [0.15, 0.2) is 4.80 Å². The zero-order chi connectivity index (χ0) is 25.9. The van der Waals surface area contributed by atoms with Crippen molar-refractivity contribution in [2.75, 3.05) is 6.61 Å². The second-order valence-corrected chi connectivity index (χ2v) is 10.4. The van der Waals surface area contributed by atoms with Crippen molar-refractivity contribution in [3.63, 3.8) is 0 Å². The second-order valence-electron chi connectivity index (χ2n) is 9.38. The predicted octanol–water partition coefficient (Wildman–Crippen LogP) is 3.05. The molecule has 188 valence electrons. The predicted molar refractivity (Wildman–Crippen MR) is 140 cm³/mol. The number of para-hydroxylation sites is 2. The molecule has 9 heteroatoms. The molecule has 2 aromatic heterocycles. The standard InChI is InChI=1S/C28H26N4O4S/c1-5-35-26(34)23-24-19-13-9-10-14-21(19)36-28(23,4)29-27-31(24)25(33)22(37-27)15-20-16(2)30-32(17(20)3)18-11-7-6-8-12-18/h6-15,23-24H,5H2,1-4H3. The molecule has 0 saturated carbocycles. The topological polar surface area (TPSA) is 87.7 Å². The van der Waals surface area contributed by atoms with Crippen molar-refractivity contribution in [3.05, 3.63) is 96.8 Å². The fraction of sp³-hybridized carbons (Fsp3) is 0.286. The first-order chi connectivity index (χ1) is 17.8. The number of hydrogen-bond donors (Lipinski definition) is 0. The molecular weight excluding hydrogens is 488 g/mol. The highest BCUT2D eigenvalue weighted by molar-refractivity contribution is 7.07. The lowest BCUT2D eigenvalue weighted by atomic mass is 9.81. The summed E-state index contributed by atoms with van der Waals surface area (Å²) in [6.45, 7) is 7.70. The number of benzene rings is 2. The molecule has 0 radical (unpaired) electrons. The van der Waals surface area contributed by atoms with Crippen LogP contribution in [0.3, 0.4) is 0 Å². The van der Waals surface area contributed by atoms with Crippen LogP contribution in [-0.2, 0) is 9.53 Å². The minimum absolute atomic E-state index is 0.201. The van der Waals surface area contributed by atoms with Crippen molar-refractivity contribution in [3.8, 4) is 11.4 Å². The number of rotatable bonds is 4. The van der Waals surface area contributed by atoms with Crippen LogP contribution in [0.5, 0.6) is 5.75 Å². The van der Waals surface area contributed by atoms with Gasteiger partial charge in [0, 0.05) is 16.8 Å². The molecule has 37 heavy (non-hydrogen) atoms. The van der Waals surface area contributed by atoms with Gasteiger partial charge in [0.25, 0.3) is 5.56 Å². The summed E-state index contributed by atoms with van der Waals surface area (Å²) in [4.78, 5) is 32.4. The lowest BCUT2D eigenvalue weighted by Crippen LogP contribution is -2.58. The van der Waals surface area contributed by atoms with Gasteiger partial charge in [-0.15, -0.1) is 0 Å². The molecule has 0 N–H and O–H groups in total. The first kappa shape index (κ1) is 23.4. The van der Waals surface area contributed by atoms with Crippen molar-refractivity contribution >= 4 is 23.4 Å². The highest BCUT2D eigenvalue weighted by atomic mass is 32.1. The summed E-state index contributed by atoms with van der Waals surface area (Å²) in [6, 6.07) is 16.8. The quantitative estimate of drug-likeness (QED) is 0.391. The van der Waals surface area contributed by atoms with Gasteiger partial charge in [-0.05, 0) is 52.0 Å². The van der Waals surface area contributed by atoms with Gasteiger partial charge in [0.1, 0.15) is 11.7 Å². The van der Waals surface area contributed by atoms with Gasteiger partial charge < -0.3 is 9.47 Å². The molecule has 0 aliphatic carbocycles. The summed E-state index contributed by atoms with van der Waals surface area (Å²) < 4.78 is 15.7. The van der Waals surface area contributed by atoms with Crippen molar-refractivity contribution in [1.29, 1.82) is 0 Å². The fourth-order valence-electron chi connectivity index (χ4n) is 5.35. The monoisotopic (exact) mass is 514 g/mol. The summed E-state index contributed by atoms with van der Waals surface area (Å²) in [6.07, 6.45) is 1.88. The zero-order valence-electron chi connectivity index (χ0n) is 21.0. The van der Waals surface area contributed by atoms with Crippen LogP contribution in [0.1, 0.15) is 42.4 Å². The molecule has 2 bridgehead atoms. The Kier molecular flexibility index (Phi) is 5.41. The normalized spacial score (nSPS) is 22.0. The van der Waals surface area contributed by atoms with Crippen molar-refractivity contribution < 1.29 is 14.3 Å². The van der Waals surface area contributed by atoms with Crippen LogP contribution < -0.4 is 19.6 Å². The lowest BCUT2D eigenvalue weighted by Gasteiger charge is -2.44. The van der Waals surface area contributed by atoms with E-state index in [1.165, 1.54) is 11.3 Å². The van der Waals surface area contributed by atoms with Gasteiger partial charge in [-0.2, -0.15) is 5.10 Å². The number of esters is 1. The van der Waals surface area contributed by atoms with Crippen molar-refractivity contribution in [2.45, 2.75) is 39.5 Å². The van der Waals surface area contributed by atoms with Crippen LogP contribution in [0.25, 0.3) is 11.8 Å². The third kappa shape index (κ3) is 3.56. The average Bonchev–Trinajstić information content (AvgIpc) is 3.33. The highest BCUT2D eigenvalue weighted by Gasteiger charge is 2.55. The lowest BCUT2D eigenvalue weighted by molar-refractivity contribution is -0.160. The molecule has 2 aromatic carbocycles. The molecule has 6 rings (SSSR count). The molecule has 3 atom stereocenters. The number of nitrogens with zero attached hydrogens (tertiary/aromatic N) is 4. The Morgan fingerprint density at radius 2 is 1.89 bits per heavy atom. The van der Waals surface area contributed by atoms with Gasteiger partial charge >= 0.3 is 5.97 Å². The van der Waals surface area contributed by atoms with Gasteiger partial charge in [-0.25, -0.2) is 9.67 Å². The number of aryl methyl sites for hydroxylation is 1. The van der Waals surface area contributed by atoms with E-state index in [4.69, 9.17) is 19.6 Å². The number of carbonyl (C=O) groups excluding carboxylic acids is 1. The first-order valence-electron chi connectivity index (χ1n) is 12.2. The van der Waals surface area contributed by atoms with E-state index in [1.807, 2.05) is 79.2 Å². The average molecular weight is 515 g/mol. The van der Waals surface area contributed by atoms with Gasteiger partial charge in [-0.1, -0.05) is 47.7 Å². The van der Waals surface area contributed by atoms with Gasteiger partial charge in [0.2, 0.25) is 5.72 Å². The molecule has 4 heterocycles. The summed E-state index contributed by atoms with van der Waals surface area (Å²) in [7, 11) is 0. The Morgan fingerprint density at radius 3 is 2.65 bits per heavy atom. The summed E-state index contributed by atoms with van der Waals surface area (Å²) in [5.74, 6) is -0.609. The third-order valence-corrected chi connectivity index (χ3v) is 8.03. The van der Waals surface area contributed by atoms with Crippen molar-refractivity contribution in [1.82, 2.24) is 14.3 Å². The van der Waals surface area contributed by atoms with Gasteiger partial charge in [-0.3, -0.25) is 14.2 Å². The molecule has 8 nitrogen and oxygen atoms in total. The van der Waals surface area contributed by atoms with E-state index < -0.39 is 23.7 Å². The highest BCUT2D eigenvalue weighted by Crippen LogP contribution is 2.47.